The van der Waals surface area contributed by atoms with E-state index in [1.807, 2.05) is 5.32 Å². The molecule has 1 atom stereocenters. The van der Waals surface area contributed by atoms with Crippen LogP contribution in [0.2, 0.25) is 0 Å². The summed E-state index contributed by atoms with van der Waals surface area (Å²) in [7, 11) is 1.39. The number of hydrogen-bond donors (Lipinski definition) is 3. The van der Waals surface area contributed by atoms with Crippen LogP contribution in [0.1, 0.15) is 17.3 Å². The van der Waals surface area contributed by atoms with Gasteiger partial charge in [-0.25, -0.2) is 4.79 Å². The summed E-state index contributed by atoms with van der Waals surface area (Å²) in [6.45, 7) is 0.997. The van der Waals surface area contributed by atoms with Gasteiger partial charge >= 0.3 is 17.8 Å². The van der Waals surface area contributed by atoms with Crippen LogP contribution >= 0.6 is 0 Å². The summed E-state index contributed by atoms with van der Waals surface area (Å²) in [5, 5.41) is 13.0. The third kappa shape index (κ3) is 4.89. The van der Waals surface area contributed by atoms with Crippen molar-refractivity contribution in [2.75, 3.05) is 19.0 Å². The molecule has 0 aromatic heterocycles. The van der Waals surface area contributed by atoms with Crippen molar-refractivity contribution in [2.24, 2.45) is 0 Å². The molecule has 0 radical (unpaired) electrons. The first-order valence-electron chi connectivity index (χ1n) is 8.40. The number of methoxy groups -OCH3 is 1. The minimum absolute atomic E-state index is 0.128. The Hall–Kier alpha value is -3.43. The predicted molar refractivity (Wildman–Crippen MR) is 97.6 cm³/mol. The second-order valence-corrected chi connectivity index (χ2v) is 5.82. The van der Waals surface area contributed by atoms with Crippen LogP contribution in [0, 0.1) is 0 Å². The van der Waals surface area contributed by atoms with E-state index in [1.165, 1.54) is 38.3 Å². The Kier molecular flexibility index (Phi) is 6.57. The fourth-order valence-corrected chi connectivity index (χ4v) is 2.38. The monoisotopic (exact) mass is 412 g/mol. The minimum Gasteiger partial charge on any atom is -0.508 e. The highest BCUT2D eigenvalue weighted by Crippen LogP contribution is 2.34. The lowest BCUT2D eigenvalue weighted by molar-refractivity contribution is -0.204. The topological polar surface area (TPSA) is 96.9 Å². The van der Waals surface area contributed by atoms with Gasteiger partial charge in [-0.05, 0) is 55.5 Å². The molecule has 0 fully saturated rings. The number of carbonyl (C=O) groups excluding carboxylic acids is 2. The van der Waals surface area contributed by atoms with Crippen molar-refractivity contribution in [3.63, 3.8) is 0 Å². The Labute approximate surface area is 164 Å². The van der Waals surface area contributed by atoms with E-state index in [0.29, 0.717) is 5.75 Å². The second-order valence-electron chi connectivity index (χ2n) is 5.82. The number of anilines is 1. The van der Waals surface area contributed by atoms with Gasteiger partial charge in [0.2, 0.25) is 0 Å². The third-order valence-electron chi connectivity index (χ3n) is 3.86. The fraction of sp³-hybridized carbons (Fsp3) is 0.263. The highest BCUT2D eigenvalue weighted by molar-refractivity contribution is 5.99. The number of esters is 1. The molecule has 29 heavy (non-hydrogen) atoms. The first-order valence-corrected chi connectivity index (χ1v) is 8.40. The molecule has 0 aliphatic rings. The Bertz CT molecular complexity index is 854. The molecule has 10 heteroatoms. The van der Waals surface area contributed by atoms with Gasteiger partial charge in [0.25, 0.3) is 5.91 Å². The van der Waals surface area contributed by atoms with Crippen molar-refractivity contribution in [2.45, 2.75) is 18.8 Å². The number of nitrogens with one attached hydrogen (secondary N) is 2. The Balaban J connectivity index is 2.46. The van der Waals surface area contributed by atoms with Gasteiger partial charge in [-0.2, -0.15) is 13.2 Å². The Morgan fingerprint density at radius 1 is 1.03 bits per heavy atom. The molecule has 0 saturated heterocycles. The van der Waals surface area contributed by atoms with E-state index in [2.05, 4.69) is 4.74 Å². The third-order valence-corrected chi connectivity index (χ3v) is 3.86. The first-order chi connectivity index (χ1) is 13.6. The van der Waals surface area contributed by atoms with Crippen molar-refractivity contribution in [3.8, 4) is 11.5 Å². The molecule has 1 amide bonds. The summed E-state index contributed by atoms with van der Waals surface area (Å²) in [6, 6.07) is 9.77. The average molecular weight is 412 g/mol. The highest BCUT2D eigenvalue weighted by Gasteiger charge is 2.63. The molecule has 2 rings (SSSR count). The molecule has 0 heterocycles. The lowest BCUT2D eigenvalue weighted by Gasteiger charge is -2.35. The quantitative estimate of drug-likeness (QED) is 0.368. The van der Waals surface area contributed by atoms with Crippen LogP contribution in [0.3, 0.4) is 0 Å². The SMILES string of the molecule is CCOC(=O)[C@](NC(=O)c1ccc(OC)cc1)(Nc1ccc(O)cc1)C(F)(F)F. The lowest BCUT2D eigenvalue weighted by atomic mass is 10.1. The van der Waals surface area contributed by atoms with Crippen LogP contribution < -0.4 is 15.4 Å². The van der Waals surface area contributed by atoms with Gasteiger partial charge in [-0.15, -0.1) is 0 Å². The average Bonchev–Trinajstić information content (AvgIpc) is 2.68. The maximum Gasteiger partial charge on any atom is 0.441 e. The molecular weight excluding hydrogens is 393 g/mol. The number of benzene rings is 2. The zero-order chi connectivity index (χ0) is 21.7. The van der Waals surface area contributed by atoms with Crippen molar-refractivity contribution >= 4 is 17.6 Å². The van der Waals surface area contributed by atoms with Gasteiger partial charge in [0.15, 0.2) is 0 Å². The maximum absolute atomic E-state index is 14.1. The standard InChI is InChI=1S/C19H19F3N2O5/c1-3-29-17(27)18(19(20,21)22,23-13-6-8-14(25)9-7-13)24-16(26)12-4-10-15(28-2)11-5-12/h4-11,23,25H,3H2,1-2H3,(H,24,26)/t18-/m1/s1. The second kappa shape index (κ2) is 8.72. The molecular formula is C19H19F3N2O5. The van der Waals surface area contributed by atoms with Crippen molar-refractivity contribution < 1.29 is 37.3 Å². The number of halogens is 3. The maximum atomic E-state index is 14.1. The first kappa shape index (κ1) is 21.9. The molecule has 2 aromatic carbocycles. The molecule has 156 valence electrons. The number of aromatic hydroxyl groups is 1. The van der Waals surface area contributed by atoms with Gasteiger partial charge in [-0.3, -0.25) is 4.79 Å². The molecule has 7 nitrogen and oxygen atoms in total. The number of phenols is 1. The zero-order valence-electron chi connectivity index (χ0n) is 15.5. The summed E-state index contributed by atoms with van der Waals surface area (Å²) in [4.78, 5) is 24.9. The number of alkyl halides is 3. The molecule has 0 aliphatic heterocycles. The summed E-state index contributed by atoms with van der Waals surface area (Å²) >= 11 is 0. The van der Waals surface area contributed by atoms with Gasteiger partial charge in [0, 0.05) is 11.3 Å². The van der Waals surface area contributed by atoms with Crippen molar-refractivity contribution in [3.05, 3.63) is 54.1 Å². The van der Waals surface area contributed by atoms with Gasteiger partial charge in [-0.1, -0.05) is 0 Å². The van der Waals surface area contributed by atoms with Crippen molar-refractivity contribution in [1.82, 2.24) is 5.32 Å². The summed E-state index contributed by atoms with van der Waals surface area (Å²) < 4.78 is 51.7. The fourth-order valence-electron chi connectivity index (χ4n) is 2.38. The van der Waals surface area contributed by atoms with E-state index in [1.54, 1.807) is 5.32 Å². The molecule has 0 aliphatic carbocycles. The number of ether oxygens (including phenoxy) is 2. The van der Waals surface area contributed by atoms with Crippen LogP contribution in [0.4, 0.5) is 18.9 Å². The van der Waals surface area contributed by atoms with E-state index in [-0.39, 0.29) is 23.6 Å². The van der Waals surface area contributed by atoms with Crippen molar-refractivity contribution in [1.29, 1.82) is 0 Å². The molecule has 0 unspecified atom stereocenters. The van der Waals surface area contributed by atoms with Crippen LogP contribution in [-0.2, 0) is 9.53 Å². The Morgan fingerprint density at radius 2 is 1.62 bits per heavy atom. The van der Waals surface area contributed by atoms with E-state index >= 15 is 0 Å². The van der Waals surface area contributed by atoms with Crippen LogP contribution in [0.5, 0.6) is 11.5 Å². The highest BCUT2D eigenvalue weighted by atomic mass is 19.4. The molecule has 2 aromatic rings. The van der Waals surface area contributed by atoms with Crippen LogP contribution in [0.15, 0.2) is 48.5 Å². The summed E-state index contributed by atoms with van der Waals surface area (Å²) in [6.07, 6.45) is -5.26. The smallest absolute Gasteiger partial charge is 0.441 e. The van der Waals surface area contributed by atoms with Crippen LogP contribution in [-0.4, -0.2) is 42.5 Å². The normalized spacial score (nSPS) is 13.1. The number of carbonyl (C=O) groups is 2. The lowest BCUT2D eigenvalue weighted by Crippen LogP contribution is -2.69. The number of phenolic OH excluding ortho intramolecular Hbond substituents is 1. The molecule has 0 spiro atoms. The number of rotatable bonds is 7. The summed E-state index contributed by atoms with van der Waals surface area (Å²) in [5.41, 5.74) is -3.86. The van der Waals surface area contributed by atoms with E-state index in [0.717, 1.165) is 24.3 Å². The van der Waals surface area contributed by atoms with Gasteiger partial charge < -0.3 is 25.2 Å². The molecule has 0 saturated carbocycles. The number of amides is 1. The Morgan fingerprint density at radius 3 is 2.10 bits per heavy atom. The minimum atomic E-state index is -5.26. The van der Waals surface area contributed by atoms with Crippen LogP contribution in [0.25, 0.3) is 0 Å². The summed E-state index contributed by atoms with van der Waals surface area (Å²) in [5.74, 6) is -2.69. The van der Waals surface area contributed by atoms with E-state index in [9.17, 15) is 27.9 Å². The van der Waals surface area contributed by atoms with Gasteiger partial charge in [0.05, 0.1) is 13.7 Å². The largest absolute Gasteiger partial charge is 0.508 e. The predicted octanol–water partition coefficient (Wildman–Crippen LogP) is 3.06. The number of hydrogen-bond acceptors (Lipinski definition) is 6. The molecule has 3 N–H and O–H groups in total. The molecule has 0 bridgehead atoms. The zero-order valence-corrected chi connectivity index (χ0v) is 15.5. The van der Waals surface area contributed by atoms with Gasteiger partial charge in [0.1, 0.15) is 11.5 Å². The van der Waals surface area contributed by atoms with E-state index < -0.39 is 23.7 Å². The van der Waals surface area contributed by atoms with E-state index in [4.69, 9.17) is 4.74 Å².